The lowest BCUT2D eigenvalue weighted by Crippen LogP contribution is -2.25. The topological polar surface area (TPSA) is 108 Å². The van der Waals surface area contributed by atoms with E-state index in [9.17, 15) is 14.4 Å². The zero-order valence-electron chi connectivity index (χ0n) is 13.1. The van der Waals surface area contributed by atoms with E-state index in [-0.39, 0.29) is 24.3 Å². The first-order valence-corrected chi connectivity index (χ1v) is 7.08. The van der Waals surface area contributed by atoms with Crippen molar-refractivity contribution in [3.8, 4) is 6.07 Å². The molecule has 0 fully saturated rings. The van der Waals surface area contributed by atoms with E-state index in [4.69, 9.17) is 15.4 Å². The number of aryl methyl sites for hydroxylation is 1. The minimum atomic E-state index is -1.20. The van der Waals surface area contributed by atoms with Crippen molar-refractivity contribution in [3.63, 3.8) is 0 Å². The maximum absolute atomic E-state index is 11.9. The van der Waals surface area contributed by atoms with Crippen LogP contribution >= 0.6 is 0 Å². The highest BCUT2D eigenvalue weighted by atomic mass is 16.5. The Kier molecular flexibility index (Phi) is 6.81. The second-order valence-electron chi connectivity index (χ2n) is 5.16. The minimum Gasteiger partial charge on any atom is -0.458 e. The summed E-state index contributed by atoms with van der Waals surface area (Å²) in [6, 6.07) is 8.69. The summed E-state index contributed by atoms with van der Waals surface area (Å²) in [5, 5.41) is 16.0. The Hall–Kier alpha value is -2.81. The molecule has 0 heterocycles. The molecular formula is C17H18N2O4. The molecule has 0 radical (unpaired) electrons. The molecule has 0 bridgehead atoms. The summed E-state index contributed by atoms with van der Waals surface area (Å²) < 4.78 is 4.75. The molecule has 0 spiro atoms. The number of ketones is 2. The smallest absolute Gasteiger partial charge is 0.306 e. The number of esters is 1. The summed E-state index contributed by atoms with van der Waals surface area (Å²) in [4.78, 5) is 35.1. The van der Waals surface area contributed by atoms with E-state index >= 15 is 0 Å². The highest BCUT2D eigenvalue weighted by molar-refractivity contribution is 6.06. The van der Waals surface area contributed by atoms with Gasteiger partial charge in [0, 0.05) is 17.7 Å². The summed E-state index contributed by atoms with van der Waals surface area (Å²) in [5.41, 5.74) is 1.46. The first-order valence-electron chi connectivity index (χ1n) is 7.08. The fraction of sp³-hybridized carbons (Fsp3) is 0.353. The number of carbonyl (C=O) groups is 3. The Labute approximate surface area is 134 Å². The van der Waals surface area contributed by atoms with Gasteiger partial charge in [-0.25, -0.2) is 0 Å². The number of carbonyl (C=O) groups excluding carboxylic acids is 3. The number of ether oxygens (including phenoxy) is 1. The van der Waals surface area contributed by atoms with Gasteiger partial charge in [0.25, 0.3) is 0 Å². The first kappa shape index (κ1) is 18.2. The molecule has 0 aliphatic carbocycles. The van der Waals surface area contributed by atoms with Crippen LogP contribution in [0.15, 0.2) is 24.3 Å². The number of benzene rings is 1. The van der Waals surface area contributed by atoms with Crippen molar-refractivity contribution in [2.24, 2.45) is 5.92 Å². The van der Waals surface area contributed by atoms with Crippen molar-refractivity contribution in [2.75, 3.05) is 6.61 Å². The molecule has 0 aromatic heterocycles. The van der Waals surface area contributed by atoms with Crippen LogP contribution in [0.1, 0.15) is 35.7 Å². The number of nitrogens with one attached hydrogen (secondary N) is 1. The van der Waals surface area contributed by atoms with Crippen LogP contribution in [0.2, 0.25) is 0 Å². The third kappa shape index (κ3) is 5.83. The summed E-state index contributed by atoms with van der Waals surface area (Å²) >= 11 is 0. The number of hydrogen-bond acceptors (Lipinski definition) is 6. The lowest BCUT2D eigenvalue weighted by Gasteiger charge is -2.07. The zero-order chi connectivity index (χ0) is 17.4. The molecule has 0 unspecified atom stereocenters. The van der Waals surface area contributed by atoms with Crippen LogP contribution in [0.25, 0.3) is 0 Å². The summed E-state index contributed by atoms with van der Waals surface area (Å²) in [6.07, 6.45) is -0.151. The number of hydrogen-bond donors (Lipinski definition) is 1. The quantitative estimate of drug-likeness (QED) is 0.450. The number of rotatable bonds is 8. The van der Waals surface area contributed by atoms with E-state index in [1.807, 2.05) is 19.1 Å². The molecule has 23 heavy (non-hydrogen) atoms. The van der Waals surface area contributed by atoms with Crippen LogP contribution in [0.3, 0.4) is 0 Å². The van der Waals surface area contributed by atoms with E-state index in [0.29, 0.717) is 5.56 Å². The minimum absolute atomic E-state index is 0.0125. The van der Waals surface area contributed by atoms with Crippen molar-refractivity contribution >= 4 is 23.2 Å². The van der Waals surface area contributed by atoms with Gasteiger partial charge >= 0.3 is 5.97 Å². The van der Waals surface area contributed by atoms with Gasteiger partial charge in [0.15, 0.2) is 18.2 Å². The number of nitriles is 1. The third-order valence-electron chi connectivity index (χ3n) is 3.19. The molecule has 6 heteroatoms. The van der Waals surface area contributed by atoms with Crippen LogP contribution < -0.4 is 0 Å². The monoisotopic (exact) mass is 314 g/mol. The second-order valence-corrected chi connectivity index (χ2v) is 5.16. The van der Waals surface area contributed by atoms with Gasteiger partial charge in [0.05, 0.1) is 12.5 Å². The summed E-state index contributed by atoms with van der Waals surface area (Å²) in [7, 11) is 0. The van der Waals surface area contributed by atoms with Crippen LogP contribution in [-0.2, 0) is 14.3 Å². The fourth-order valence-electron chi connectivity index (χ4n) is 1.82. The molecule has 1 aromatic carbocycles. The van der Waals surface area contributed by atoms with Gasteiger partial charge < -0.3 is 10.1 Å². The lowest BCUT2D eigenvalue weighted by atomic mass is 10.0. The molecular weight excluding hydrogens is 296 g/mol. The van der Waals surface area contributed by atoms with Crippen LogP contribution in [0.4, 0.5) is 0 Å². The van der Waals surface area contributed by atoms with Crippen molar-refractivity contribution in [1.82, 2.24) is 0 Å². The standard InChI is InChI=1S/C17H18N2O4/c1-11-3-5-13(6-4-11)15(20)7-8-17(22)23-10-16(21)14(9-18)12(2)19/h3-6,14,19H,7-8,10H2,1-2H3/t14-/m0/s1. The molecule has 120 valence electrons. The van der Waals surface area contributed by atoms with E-state index in [1.54, 1.807) is 18.2 Å². The third-order valence-corrected chi connectivity index (χ3v) is 3.19. The predicted molar refractivity (Wildman–Crippen MR) is 83.2 cm³/mol. The molecule has 1 rings (SSSR count). The molecule has 6 nitrogen and oxygen atoms in total. The van der Waals surface area contributed by atoms with Gasteiger partial charge in [0.1, 0.15) is 5.92 Å². The number of nitrogens with zero attached hydrogens (tertiary/aromatic N) is 1. The maximum atomic E-state index is 11.9. The van der Waals surface area contributed by atoms with Crippen LogP contribution in [-0.4, -0.2) is 29.9 Å². The van der Waals surface area contributed by atoms with Crippen molar-refractivity contribution in [1.29, 1.82) is 10.7 Å². The Morgan fingerprint density at radius 2 is 1.83 bits per heavy atom. The Morgan fingerprint density at radius 3 is 2.35 bits per heavy atom. The Bertz CT molecular complexity index is 656. The maximum Gasteiger partial charge on any atom is 0.306 e. The van der Waals surface area contributed by atoms with Gasteiger partial charge in [0.2, 0.25) is 0 Å². The average molecular weight is 314 g/mol. The largest absolute Gasteiger partial charge is 0.458 e. The molecule has 0 saturated heterocycles. The van der Waals surface area contributed by atoms with Crippen LogP contribution in [0, 0.1) is 29.6 Å². The van der Waals surface area contributed by atoms with Gasteiger partial charge in [-0.3, -0.25) is 14.4 Å². The highest BCUT2D eigenvalue weighted by Gasteiger charge is 2.21. The molecule has 1 N–H and O–H groups in total. The SMILES string of the molecule is CC(=N)[C@H](C#N)C(=O)COC(=O)CCC(=O)c1ccc(C)cc1. The molecule has 0 amide bonds. The van der Waals surface area contributed by atoms with Gasteiger partial charge in [-0.1, -0.05) is 29.8 Å². The van der Waals surface area contributed by atoms with Gasteiger partial charge in [-0.05, 0) is 13.8 Å². The summed E-state index contributed by atoms with van der Waals surface area (Å²) in [5.74, 6) is -2.70. The zero-order valence-corrected chi connectivity index (χ0v) is 13.1. The van der Waals surface area contributed by atoms with E-state index in [0.717, 1.165) is 5.56 Å². The van der Waals surface area contributed by atoms with Gasteiger partial charge in [-0.15, -0.1) is 0 Å². The molecule has 0 aliphatic heterocycles. The molecule has 1 atom stereocenters. The number of Topliss-reactive ketones (excluding diaryl/α,β-unsaturated/α-hetero) is 2. The Morgan fingerprint density at radius 1 is 1.22 bits per heavy atom. The summed E-state index contributed by atoms with van der Waals surface area (Å²) in [6.45, 7) is 2.69. The first-order chi connectivity index (χ1) is 10.8. The Balaban J connectivity index is 2.41. The van der Waals surface area contributed by atoms with Crippen LogP contribution in [0.5, 0.6) is 0 Å². The molecule has 1 aromatic rings. The fourth-order valence-corrected chi connectivity index (χ4v) is 1.82. The van der Waals surface area contributed by atoms with Crippen molar-refractivity contribution in [2.45, 2.75) is 26.7 Å². The normalized spacial score (nSPS) is 11.2. The van der Waals surface area contributed by atoms with E-state index < -0.39 is 24.3 Å². The lowest BCUT2D eigenvalue weighted by molar-refractivity contribution is -0.148. The second kappa shape index (κ2) is 8.59. The molecule has 0 saturated carbocycles. The molecule has 0 aliphatic rings. The van der Waals surface area contributed by atoms with Crippen molar-refractivity contribution < 1.29 is 19.1 Å². The predicted octanol–water partition coefficient (Wildman–Crippen LogP) is 2.25. The van der Waals surface area contributed by atoms with Crippen molar-refractivity contribution in [3.05, 3.63) is 35.4 Å². The average Bonchev–Trinajstić information content (AvgIpc) is 2.51. The van der Waals surface area contributed by atoms with E-state index in [2.05, 4.69) is 0 Å². The highest BCUT2D eigenvalue weighted by Crippen LogP contribution is 2.08. The van der Waals surface area contributed by atoms with Gasteiger partial charge in [-0.2, -0.15) is 5.26 Å². The van der Waals surface area contributed by atoms with E-state index in [1.165, 1.54) is 6.92 Å².